The maximum atomic E-state index is 11.6. The van der Waals surface area contributed by atoms with Gasteiger partial charge in [-0.15, -0.1) is 23.7 Å². The molecule has 4 saturated carbocycles. The van der Waals surface area contributed by atoms with Gasteiger partial charge in [0.15, 0.2) is 0 Å². The number of nitrogens with two attached hydrogens (primary N) is 1. The third-order valence-electron chi connectivity index (χ3n) is 7.45. The maximum Gasteiger partial charge on any atom is 0.258 e. The van der Waals surface area contributed by atoms with Gasteiger partial charge >= 0.3 is 0 Å². The number of fused-ring (bicyclic) bond motifs is 2. The fraction of sp³-hybridized carbons (Fsp3) is 0.737. The standard InChI is InChI=1S/C19H26N2O2S.ClH/c1-23-19(16-6-5-15(24-16)17(20)22)13-3-2-4-14(19)11-21(10-13)18-7-12(8-18)9-18;/h5-6,12-14H,2-4,7-11H2,1H3,(H2,20,22);1H/t12?,13-,14+,18?,19?;. The SMILES string of the molecule is COC1(c2ccc(C(N)=O)s2)[C@@H]2CCC[C@H]1CN(C13CC(C1)C3)C2.Cl. The fourth-order valence-electron chi connectivity index (χ4n) is 6.16. The van der Waals surface area contributed by atoms with Gasteiger partial charge in [-0.25, -0.2) is 0 Å². The Morgan fingerprint density at radius 1 is 1.24 bits per heavy atom. The second kappa shape index (κ2) is 5.95. The van der Waals surface area contributed by atoms with E-state index in [4.69, 9.17) is 10.5 Å². The summed E-state index contributed by atoms with van der Waals surface area (Å²) in [4.78, 5) is 16.2. The molecule has 0 radical (unpaired) electrons. The van der Waals surface area contributed by atoms with Crippen LogP contribution in [0, 0.1) is 17.8 Å². The van der Waals surface area contributed by atoms with Gasteiger partial charge in [0.25, 0.3) is 5.91 Å². The van der Waals surface area contributed by atoms with Crippen molar-refractivity contribution < 1.29 is 9.53 Å². The van der Waals surface area contributed by atoms with Crippen molar-refractivity contribution in [2.75, 3.05) is 20.2 Å². The van der Waals surface area contributed by atoms with Crippen LogP contribution in [0.2, 0.25) is 0 Å². The van der Waals surface area contributed by atoms with Crippen LogP contribution in [-0.4, -0.2) is 36.5 Å². The summed E-state index contributed by atoms with van der Waals surface area (Å²) in [6.07, 6.45) is 8.04. The van der Waals surface area contributed by atoms with Crippen LogP contribution in [0.3, 0.4) is 0 Å². The molecule has 0 aromatic carbocycles. The van der Waals surface area contributed by atoms with Crippen molar-refractivity contribution >= 4 is 29.7 Å². The quantitative estimate of drug-likeness (QED) is 0.868. The van der Waals surface area contributed by atoms with E-state index in [0.29, 0.717) is 22.3 Å². The smallest absolute Gasteiger partial charge is 0.258 e. The van der Waals surface area contributed by atoms with Crippen molar-refractivity contribution in [3.8, 4) is 0 Å². The van der Waals surface area contributed by atoms with Crippen molar-refractivity contribution in [2.45, 2.75) is 49.7 Å². The molecule has 1 aromatic rings. The highest BCUT2D eigenvalue weighted by atomic mass is 35.5. The molecule has 1 aliphatic heterocycles. The number of thiophene rings is 1. The van der Waals surface area contributed by atoms with Gasteiger partial charge in [-0.2, -0.15) is 0 Å². The number of hydrogen-bond acceptors (Lipinski definition) is 4. The molecule has 4 aliphatic carbocycles. The Bertz CT molecular complexity index is 660. The third kappa shape index (κ3) is 2.29. The lowest BCUT2D eigenvalue weighted by atomic mass is 9.48. The van der Waals surface area contributed by atoms with Crippen molar-refractivity contribution in [1.29, 1.82) is 0 Å². The predicted octanol–water partition coefficient (Wildman–Crippen LogP) is 3.39. The number of hydrogen-bond donors (Lipinski definition) is 1. The molecule has 4 bridgehead atoms. The van der Waals surface area contributed by atoms with E-state index >= 15 is 0 Å². The van der Waals surface area contributed by atoms with E-state index in [1.165, 1.54) is 43.4 Å². The summed E-state index contributed by atoms with van der Waals surface area (Å²) in [6, 6.07) is 3.97. The van der Waals surface area contributed by atoms with Gasteiger partial charge in [0.2, 0.25) is 0 Å². The summed E-state index contributed by atoms with van der Waals surface area (Å²) in [6.45, 7) is 2.31. The molecule has 6 heteroatoms. The molecule has 0 spiro atoms. The summed E-state index contributed by atoms with van der Waals surface area (Å²) in [5.74, 6) is 1.76. The number of halogens is 1. The van der Waals surface area contributed by atoms with E-state index in [2.05, 4.69) is 11.0 Å². The number of piperidine rings is 1. The summed E-state index contributed by atoms with van der Waals surface area (Å²) >= 11 is 1.55. The molecule has 5 aliphatic rings. The van der Waals surface area contributed by atoms with E-state index < -0.39 is 0 Å². The van der Waals surface area contributed by atoms with Crippen molar-refractivity contribution in [1.82, 2.24) is 4.90 Å². The number of carbonyl (C=O) groups excluding carboxylic acids is 1. The number of methoxy groups -OCH3 is 1. The Morgan fingerprint density at radius 2 is 1.88 bits per heavy atom. The molecule has 2 N–H and O–H groups in total. The van der Waals surface area contributed by atoms with Crippen molar-refractivity contribution in [3.63, 3.8) is 0 Å². The zero-order valence-corrected chi connectivity index (χ0v) is 16.3. The molecule has 1 unspecified atom stereocenters. The Balaban J connectivity index is 0.00000157. The molecular formula is C19H27ClN2O2S. The van der Waals surface area contributed by atoms with E-state index in [9.17, 15) is 4.79 Å². The highest BCUT2D eigenvalue weighted by molar-refractivity contribution is 7.14. The molecule has 4 nitrogen and oxygen atoms in total. The van der Waals surface area contributed by atoms with E-state index in [-0.39, 0.29) is 23.9 Å². The monoisotopic (exact) mass is 382 g/mol. The number of nitrogens with zero attached hydrogens (tertiary/aromatic N) is 1. The van der Waals surface area contributed by atoms with Crippen LogP contribution >= 0.6 is 23.7 Å². The summed E-state index contributed by atoms with van der Waals surface area (Å²) in [7, 11) is 1.87. The van der Waals surface area contributed by atoms with E-state index in [0.717, 1.165) is 19.0 Å². The third-order valence-corrected chi connectivity index (χ3v) is 8.68. The summed E-state index contributed by atoms with van der Waals surface area (Å²) in [5.41, 5.74) is 5.83. The normalized spacial score (nSPS) is 42.0. The molecule has 6 rings (SSSR count). The van der Waals surface area contributed by atoms with Gasteiger partial charge in [-0.3, -0.25) is 9.69 Å². The Kier molecular flexibility index (Phi) is 4.23. The van der Waals surface area contributed by atoms with Gasteiger partial charge in [0.1, 0.15) is 5.60 Å². The Hall–Kier alpha value is -0.620. The molecule has 138 valence electrons. The van der Waals surface area contributed by atoms with Crippen LogP contribution in [0.15, 0.2) is 12.1 Å². The molecule has 5 fully saturated rings. The zero-order valence-electron chi connectivity index (χ0n) is 14.7. The van der Waals surface area contributed by atoms with Crippen LogP contribution in [0.1, 0.15) is 53.1 Å². The molecule has 25 heavy (non-hydrogen) atoms. The molecule has 3 atom stereocenters. The average Bonchev–Trinajstić information content (AvgIpc) is 2.93. The Labute approximate surface area is 159 Å². The van der Waals surface area contributed by atoms with E-state index in [1.807, 2.05) is 13.2 Å². The molecule has 1 saturated heterocycles. The predicted molar refractivity (Wildman–Crippen MR) is 101 cm³/mol. The first kappa shape index (κ1) is 17.8. The van der Waals surface area contributed by atoms with Crippen LogP contribution in [0.25, 0.3) is 0 Å². The summed E-state index contributed by atoms with van der Waals surface area (Å²) in [5, 5.41) is 0. The van der Waals surface area contributed by atoms with Gasteiger partial charge < -0.3 is 10.5 Å². The van der Waals surface area contributed by atoms with Crippen molar-refractivity contribution in [2.24, 2.45) is 23.5 Å². The van der Waals surface area contributed by atoms with Crippen LogP contribution in [0.4, 0.5) is 0 Å². The first-order chi connectivity index (χ1) is 11.6. The average molecular weight is 383 g/mol. The van der Waals surface area contributed by atoms with Crippen molar-refractivity contribution in [3.05, 3.63) is 21.9 Å². The number of primary amides is 1. The molecular weight excluding hydrogens is 356 g/mol. The van der Waals surface area contributed by atoms with Gasteiger partial charge in [0.05, 0.1) is 4.88 Å². The highest BCUT2D eigenvalue weighted by Crippen LogP contribution is 2.63. The van der Waals surface area contributed by atoms with Gasteiger partial charge in [-0.05, 0) is 50.2 Å². The van der Waals surface area contributed by atoms with Gasteiger partial charge in [0, 0.05) is 42.5 Å². The topological polar surface area (TPSA) is 55.6 Å². The van der Waals surface area contributed by atoms with Crippen LogP contribution in [0.5, 0.6) is 0 Å². The lowest BCUT2D eigenvalue weighted by Gasteiger charge is -2.70. The summed E-state index contributed by atoms with van der Waals surface area (Å²) < 4.78 is 6.28. The van der Waals surface area contributed by atoms with E-state index in [1.54, 1.807) is 11.3 Å². The largest absolute Gasteiger partial charge is 0.372 e. The Morgan fingerprint density at radius 3 is 2.32 bits per heavy atom. The van der Waals surface area contributed by atoms with Crippen LogP contribution in [-0.2, 0) is 10.3 Å². The highest BCUT2D eigenvalue weighted by Gasteiger charge is 2.64. The number of rotatable bonds is 4. The maximum absolute atomic E-state index is 11.6. The fourth-order valence-corrected chi connectivity index (χ4v) is 7.34. The number of carbonyl (C=O) groups is 1. The number of likely N-dealkylation sites (tertiary alicyclic amines) is 1. The molecule has 1 amide bonds. The molecule has 2 heterocycles. The molecule has 1 aromatic heterocycles. The lowest BCUT2D eigenvalue weighted by molar-refractivity contribution is -0.225. The number of amides is 1. The minimum absolute atomic E-state index is 0. The first-order valence-electron chi connectivity index (χ1n) is 9.28. The second-order valence-electron chi connectivity index (χ2n) is 8.46. The van der Waals surface area contributed by atoms with Gasteiger partial charge in [-0.1, -0.05) is 6.42 Å². The first-order valence-corrected chi connectivity index (χ1v) is 10.1. The number of ether oxygens (including phenoxy) is 1. The second-order valence-corrected chi connectivity index (χ2v) is 9.54. The lowest BCUT2D eigenvalue weighted by Crippen LogP contribution is -2.73. The minimum Gasteiger partial charge on any atom is -0.372 e. The van der Waals surface area contributed by atoms with Crippen LogP contribution < -0.4 is 5.73 Å². The minimum atomic E-state index is -0.325. The zero-order chi connectivity index (χ0) is 16.5.